The molecule has 0 aromatic rings. The number of rotatable bonds is 17. The van der Waals surface area contributed by atoms with Gasteiger partial charge >= 0.3 is 0 Å². The van der Waals surface area contributed by atoms with E-state index < -0.39 is 8.32 Å². The molecule has 27 heavy (non-hydrogen) atoms. The Morgan fingerprint density at radius 3 is 1.19 bits per heavy atom. The lowest BCUT2D eigenvalue weighted by atomic mass is 9.87. The maximum Gasteiger partial charge on any atom is 0.190 e. The lowest BCUT2D eigenvalue weighted by Crippen LogP contribution is -2.55. The Morgan fingerprint density at radius 1 is 0.630 bits per heavy atom. The zero-order chi connectivity index (χ0) is 20.9. The second kappa shape index (κ2) is 14.1. The van der Waals surface area contributed by atoms with Crippen molar-refractivity contribution >= 4 is 8.32 Å². The Hall–Kier alpha value is 0.0569. The Balaban J connectivity index is 5.99. The second-order valence-electron chi connectivity index (χ2n) is 8.30. The van der Waals surface area contributed by atoms with Crippen molar-refractivity contribution in [2.75, 3.05) is 65.5 Å². The average molecular weight is 402 g/mol. The van der Waals surface area contributed by atoms with Gasteiger partial charge in [-0.1, -0.05) is 48.5 Å². The van der Waals surface area contributed by atoms with Crippen molar-refractivity contribution in [2.45, 2.75) is 74.0 Å². The highest BCUT2D eigenvalue weighted by Crippen LogP contribution is 2.35. The van der Waals surface area contributed by atoms with Crippen LogP contribution in [0, 0.1) is 5.41 Å². The molecule has 0 aliphatic rings. The molecule has 0 saturated carbocycles. The largest absolute Gasteiger partial charge is 0.417 e. The van der Waals surface area contributed by atoms with Gasteiger partial charge in [0.1, 0.15) is 0 Å². The van der Waals surface area contributed by atoms with E-state index in [1.165, 1.54) is 31.7 Å². The summed E-state index contributed by atoms with van der Waals surface area (Å²) in [7, 11) is -1.72. The number of hydrogen-bond donors (Lipinski definition) is 0. The average Bonchev–Trinajstić information content (AvgIpc) is 2.68. The van der Waals surface area contributed by atoms with Crippen LogP contribution in [0.4, 0.5) is 0 Å². The van der Waals surface area contributed by atoms with Crippen molar-refractivity contribution < 1.29 is 4.43 Å². The Kier molecular flexibility index (Phi) is 14.1. The highest BCUT2D eigenvalue weighted by Gasteiger charge is 2.42. The molecular weight excluding hydrogens is 350 g/mol. The molecule has 0 amide bonds. The minimum Gasteiger partial charge on any atom is -0.417 e. The maximum atomic E-state index is 6.46. The van der Waals surface area contributed by atoms with E-state index in [-0.39, 0.29) is 5.41 Å². The number of hydrogen-bond acceptors (Lipinski definition) is 4. The summed E-state index contributed by atoms with van der Waals surface area (Å²) in [6.07, 6.45) is 0. The third-order valence-corrected chi connectivity index (χ3v) is 10.3. The first-order chi connectivity index (χ1) is 12.8. The summed E-state index contributed by atoms with van der Waals surface area (Å²) in [6, 6.07) is 2.46. The van der Waals surface area contributed by atoms with Crippen LogP contribution in [0.1, 0.15) is 55.4 Å². The van der Waals surface area contributed by atoms with Gasteiger partial charge in [0.2, 0.25) is 0 Å². The van der Waals surface area contributed by atoms with E-state index in [0.29, 0.717) is 0 Å². The first-order valence-corrected chi connectivity index (χ1v) is 14.4. The van der Waals surface area contributed by atoms with E-state index in [1.807, 2.05) is 0 Å². The van der Waals surface area contributed by atoms with E-state index in [9.17, 15) is 0 Å². The van der Waals surface area contributed by atoms with Crippen LogP contribution in [0.15, 0.2) is 0 Å². The summed E-state index contributed by atoms with van der Waals surface area (Å²) in [5, 5.41) is 0. The Labute approximate surface area is 172 Å². The summed E-state index contributed by atoms with van der Waals surface area (Å²) >= 11 is 0. The standard InChI is InChI=1S/C22H51N3OSi/c1-10-23(11-2)18-22(19-24(12-3)13-4,20-25(14-5)15-6)21-27(9,17-8)26-16-7/h10-21H2,1-9H3. The van der Waals surface area contributed by atoms with Crippen molar-refractivity contribution in [3.8, 4) is 0 Å². The van der Waals surface area contributed by atoms with Crippen LogP contribution in [-0.4, -0.2) is 88.5 Å². The SMILES string of the molecule is CCO[Si](C)(CC)CC(CN(CC)CC)(CN(CC)CC)CN(CC)CC. The molecule has 5 heteroatoms. The summed E-state index contributed by atoms with van der Waals surface area (Å²) in [4.78, 5) is 7.93. The lowest BCUT2D eigenvalue weighted by Gasteiger charge is -2.47. The van der Waals surface area contributed by atoms with Crippen LogP contribution in [0.3, 0.4) is 0 Å². The molecule has 0 aliphatic carbocycles. The molecule has 0 aliphatic heterocycles. The molecule has 0 heterocycles. The third kappa shape index (κ3) is 9.40. The monoisotopic (exact) mass is 401 g/mol. The smallest absolute Gasteiger partial charge is 0.190 e. The van der Waals surface area contributed by atoms with Gasteiger partial charge in [-0.3, -0.25) is 0 Å². The molecule has 0 N–H and O–H groups in total. The van der Waals surface area contributed by atoms with Gasteiger partial charge in [0.05, 0.1) is 0 Å². The molecule has 0 spiro atoms. The molecule has 1 unspecified atom stereocenters. The zero-order valence-electron chi connectivity index (χ0n) is 20.2. The van der Waals surface area contributed by atoms with Crippen molar-refractivity contribution in [3.05, 3.63) is 0 Å². The molecule has 0 rings (SSSR count). The highest BCUT2D eigenvalue weighted by molar-refractivity contribution is 6.72. The van der Waals surface area contributed by atoms with Crippen LogP contribution in [0.25, 0.3) is 0 Å². The van der Waals surface area contributed by atoms with E-state index >= 15 is 0 Å². The van der Waals surface area contributed by atoms with Gasteiger partial charge in [-0.2, -0.15) is 0 Å². The fourth-order valence-corrected chi connectivity index (χ4v) is 7.68. The molecular formula is C22H51N3OSi. The third-order valence-electron chi connectivity index (χ3n) is 6.35. The second-order valence-corrected chi connectivity index (χ2v) is 12.5. The van der Waals surface area contributed by atoms with Crippen LogP contribution in [0.2, 0.25) is 18.6 Å². The predicted molar refractivity (Wildman–Crippen MR) is 124 cm³/mol. The van der Waals surface area contributed by atoms with Crippen LogP contribution >= 0.6 is 0 Å². The Morgan fingerprint density at radius 2 is 0.963 bits per heavy atom. The van der Waals surface area contributed by atoms with Gasteiger partial charge in [0, 0.05) is 31.7 Å². The number of nitrogens with zero attached hydrogens (tertiary/aromatic N) is 3. The molecule has 1 atom stereocenters. The minimum atomic E-state index is -1.72. The molecule has 0 radical (unpaired) electrons. The normalized spacial score (nSPS) is 15.1. The molecule has 0 bridgehead atoms. The minimum absolute atomic E-state index is 0.274. The van der Waals surface area contributed by atoms with E-state index in [4.69, 9.17) is 4.43 Å². The molecule has 0 saturated heterocycles. The van der Waals surface area contributed by atoms with Crippen molar-refractivity contribution in [3.63, 3.8) is 0 Å². The lowest BCUT2D eigenvalue weighted by molar-refractivity contribution is 0.0719. The van der Waals surface area contributed by atoms with Crippen LogP contribution in [-0.2, 0) is 4.43 Å². The van der Waals surface area contributed by atoms with Crippen molar-refractivity contribution in [1.29, 1.82) is 0 Å². The molecule has 0 fully saturated rings. The van der Waals surface area contributed by atoms with Gasteiger partial charge in [-0.25, -0.2) is 0 Å². The topological polar surface area (TPSA) is 19.0 Å². The van der Waals surface area contributed by atoms with Crippen LogP contribution < -0.4 is 0 Å². The molecule has 4 nitrogen and oxygen atoms in total. The Bertz CT molecular complexity index is 321. The van der Waals surface area contributed by atoms with Crippen molar-refractivity contribution in [2.24, 2.45) is 5.41 Å². The first-order valence-electron chi connectivity index (χ1n) is 11.6. The van der Waals surface area contributed by atoms with E-state index in [1.54, 1.807) is 0 Å². The van der Waals surface area contributed by atoms with Gasteiger partial charge in [-0.05, 0) is 64.8 Å². The van der Waals surface area contributed by atoms with Gasteiger partial charge in [0.25, 0.3) is 0 Å². The maximum absolute atomic E-state index is 6.46. The van der Waals surface area contributed by atoms with Gasteiger partial charge in [0.15, 0.2) is 8.32 Å². The summed E-state index contributed by atoms with van der Waals surface area (Å²) in [6.45, 7) is 32.0. The van der Waals surface area contributed by atoms with Crippen molar-refractivity contribution in [1.82, 2.24) is 14.7 Å². The molecule has 0 aromatic heterocycles. The van der Waals surface area contributed by atoms with Gasteiger partial charge in [-0.15, -0.1) is 0 Å². The first kappa shape index (κ1) is 27.1. The quantitative estimate of drug-likeness (QED) is 0.331. The predicted octanol–water partition coefficient (Wildman–Crippen LogP) is 4.63. The highest BCUT2D eigenvalue weighted by atomic mass is 28.4. The fourth-order valence-electron chi connectivity index (χ4n) is 4.50. The molecule has 0 aromatic carbocycles. The fraction of sp³-hybridized carbons (Fsp3) is 1.00. The van der Waals surface area contributed by atoms with Crippen LogP contribution in [0.5, 0.6) is 0 Å². The van der Waals surface area contributed by atoms with Gasteiger partial charge < -0.3 is 19.1 Å². The summed E-state index contributed by atoms with van der Waals surface area (Å²) in [5.74, 6) is 0. The van der Waals surface area contributed by atoms with E-state index in [2.05, 4.69) is 76.6 Å². The summed E-state index contributed by atoms with van der Waals surface area (Å²) in [5.41, 5.74) is 0.274. The summed E-state index contributed by atoms with van der Waals surface area (Å²) < 4.78 is 6.46. The zero-order valence-corrected chi connectivity index (χ0v) is 21.2. The molecule has 164 valence electrons. The van der Waals surface area contributed by atoms with E-state index in [0.717, 1.165) is 45.9 Å².